The van der Waals surface area contributed by atoms with Gasteiger partial charge < -0.3 is 19.8 Å². The summed E-state index contributed by atoms with van der Waals surface area (Å²) in [5.41, 5.74) is 0. The standard InChI is InChI=1S/C55H107N2O6P/c1-6-8-10-12-14-16-18-19-20-21-22-23-24-25-26-27-28-29-30-31-32-33-34-35-36-37-39-41-43-45-47-49-55(59)56-53(52-63-64(60,61)62-51-50-57(3,4)5)54(58)48-46-44-42-40-38-17-15-13-11-9-7-2/h18-19,21-22,46,48,53-54,58H,6-17,20,23-45,47,49-52H2,1-5H3,(H-,56,59,60,61)/p+1/b19-18-,22-21-,48-46+. The molecule has 0 fully saturated rings. The Morgan fingerprint density at radius 2 is 0.891 bits per heavy atom. The van der Waals surface area contributed by atoms with Crippen molar-refractivity contribution in [2.75, 3.05) is 40.9 Å². The lowest BCUT2D eigenvalue weighted by molar-refractivity contribution is -0.870. The zero-order valence-electron chi connectivity index (χ0n) is 43.0. The number of nitrogens with one attached hydrogen (secondary N) is 1. The third-order valence-corrected chi connectivity index (χ3v) is 13.3. The minimum absolute atomic E-state index is 0.0627. The summed E-state index contributed by atoms with van der Waals surface area (Å²) in [6.07, 6.45) is 59.6. The van der Waals surface area contributed by atoms with Gasteiger partial charge in [-0.1, -0.05) is 237 Å². The Balaban J connectivity index is 4.00. The molecule has 0 rings (SSSR count). The van der Waals surface area contributed by atoms with Crippen LogP contribution in [0.2, 0.25) is 0 Å². The minimum atomic E-state index is -4.34. The summed E-state index contributed by atoms with van der Waals surface area (Å²) in [5, 5.41) is 13.8. The van der Waals surface area contributed by atoms with Crippen molar-refractivity contribution in [3.8, 4) is 0 Å². The molecule has 3 atom stereocenters. The molecule has 0 bridgehead atoms. The molecule has 0 aliphatic carbocycles. The highest BCUT2D eigenvalue weighted by atomic mass is 31.2. The molecule has 1 amide bonds. The van der Waals surface area contributed by atoms with E-state index in [-0.39, 0.29) is 19.1 Å². The number of nitrogens with zero attached hydrogens (tertiary/aromatic N) is 1. The monoisotopic (exact) mass is 924 g/mol. The number of quaternary nitrogens is 1. The first-order valence-corrected chi connectivity index (χ1v) is 28.9. The van der Waals surface area contributed by atoms with E-state index in [4.69, 9.17) is 9.05 Å². The highest BCUT2D eigenvalue weighted by Gasteiger charge is 2.27. The van der Waals surface area contributed by atoms with Gasteiger partial charge in [-0.05, 0) is 51.4 Å². The number of aliphatic hydroxyl groups excluding tert-OH is 1. The molecule has 0 aliphatic heterocycles. The maximum atomic E-state index is 12.9. The van der Waals surface area contributed by atoms with Gasteiger partial charge in [-0.15, -0.1) is 0 Å². The van der Waals surface area contributed by atoms with Crippen molar-refractivity contribution in [2.24, 2.45) is 0 Å². The third-order valence-electron chi connectivity index (χ3n) is 12.4. The van der Waals surface area contributed by atoms with Crippen molar-refractivity contribution >= 4 is 13.7 Å². The smallest absolute Gasteiger partial charge is 0.387 e. The summed E-state index contributed by atoms with van der Waals surface area (Å²) in [5.74, 6) is -0.175. The Hall–Kier alpha value is -1.28. The maximum Gasteiger partial charge on any atom is 0.472 e. The number of phosphoric acid groups is 1. The van der Waals surface area contributed by atoms with Gasteiger partial charge >= 0.3 is 7.82 Å². The highest BCUT2D eigenvalue weighted by Crippen LogP contribution is 2.43. The second-order valence-corrected chi connectivity index (χ2v) is 21.4. The van der Waals surface area contributed by atoms with Crippen molar-refractivity contribution in [3.05, 3.63) is 36.5 Å². The van der Waals surface area contributed by atoms with Crippen LogP contribution in [-0.2, 0) is 18.4 Å². The molecule has 3 unspecified atom stereocenters. The molecule has 64 heavy (non-hydrogen) atoms. The average molecular weight is 924 g/mol. The molecule has 0 saturated carbocycles. The number of amides is 1. The first-order chi connectivity index (χ1) is 31.0. The van der Waals surface area contributed by atoms with Gasteiger partial charge in [0.05, 0.1) is 39.9 Å². The molecule has 3 N–H and O–H groups in total. The molecule has 378 valence electrons. The van der Waals surface area contributed by atoms with Crippen molar-refractivity contribution in [2.45, 2.75) is 270 Å². The first-order valence-electron chi connectivity index (χ1n) is 27.4. The van der Waals surface area contributed by atoms with E-state index >= 15 is 0 Å². The topological polar surface area (TPSA) is 105 Å². The SMILES string of the molecule is CCCCCCC/C=C\C/C=C\CCCCCCCCCCCCCCCCCCCCCC(=O)NC(COP(=O)(O)OCC[N+](C)(C)C)C(O)/C=C/CCCCCCCCCCC. The molecule has 0 saturated heterocycles. The number of aliphatic hydroxyl groups is 1. The predicted octanol–water partition coefficient (Wildman–Crippen LogP) is 16.2. The van der Waals surface area contributed by atoms with E-state index in [9.17, 15) is 19.4 Å². The van der Waals surface area contributed by atoms with Crippen LogP contribution < -0.4 is 5.32 Å². The quantitative estimate of drug-likeness (QED) is 0.0243. The van der Waals surface area contributed by atoms with E-state index < -0.39 is 20.0 Å². The van der Waals surface area contributed by atoms with Crippen LogP contribution in [0.15, 0.2) is 36.5 Å². The van der Waals surface area contributed by atoms with Crippen LogP contribution >= 0.6 is 7.82 Å². The fourth-order valence-electron chi connectivity index (χ4n) is 8.01. The van der Waals surface area contributed by atoms with Crippen LogP contribution in [0.1, 0.15) is 258 Å². The lowest BCUT2D eigenvalue weighted by atomic mass is 10.0. The zero-order chi connectivity index (χ0) is 47.1. The number of hydrogen-bond acceptors (Lipinski definition) is 5. The van der Waals surface area contributed by atoms with Gasteiger partial charge in [0.1, 0.15) is 13.2 Å². The molecule has 0 heterocycles. The largest absolute Gasteiger partial charge is 0.472 e. The van der Waals surface area contributed by atoms with Gasteiger partial charge in [0.25, 0.3) is 0 Å². The molecule has 0 aromatic carbocycles. The number of phosphoric ester groups is 1. The molecule has 8 nitrogen and oxygen atoms in total. The molecule has 0 aromatic rings. The Kier molecular flexibility index (Phi) is 45.9. The number of likely N-dealkylation sites (N-methyl/N-ethyl adjacent to an activating group) is 1. The fourth-order valence-corrected chi connectivity index (χ4v) is 8.75. The first kappa shape index (κ1) is 62.7. The van der Waals surface area contributed by atoms with Crippen LogP contribution in [0, 0.1) is 0 Å². The van der Waals surface area contributed by atoms with Gasteiger partial charge in [-0.3, -0.25) is 13.8 Å². The molecule has 0 aliphatic rings. The van der Waals surface area contributed by atoms with Crippen molar-refractivity contribution in [1.29, 1.82) is 0 Å². The number of hydrogen-bond donors (Lipinski definition) is 3. The third kappa shape index (κ3) is 48.6. The van der Waals surface area contributed by atoms with Gasteiger partial charge in [0, 0.05) is 6.42 Å². The fraction of sp³-hybridized carbons (Fsp3) is 0.873. The lowest BCUT2D eigenvalue weighted by Gasteiger charge is -2.25. The molecule has 9 heteroatoms. The summed E-state index contributed by atoms with van der Waals surface area (Å²) in [6, 6.07) is -0.843. The van der Waals surface area contributed by atoms with Crippen LogP contribution in [0.3, 0.4) is 0 Å². The second-order valence-electron chi connectivity index (χ2n) is 20.0. The van der Waals surface area contributed by atoms with Crippen LogP contribution in [0.4, 0.5) is 0 Å². The zero-order valence-corrected chi connectivity index (χ0v) is 43.9. The summed E-state index contributed by atoms with van der Waals surface area (Å²) in [4.78, 5) is 23.2. The van der Waals surface area contributed by atoms with Gasteiger partial charge in [0.15, 0.2) is 0 Å². The maximum absolute atomic E-state index is 12.9. The normalized spacial score (nSPS) is 14.3. The number of rotatable bonds is 50. The number of unbranched alkanes of at least 4 members (excludes halogenated alkanes) is 33. The van der Waals surface area contributed by atoms with E-state index in [0.29, 0.717) is 17.4 Å². The van der Waals surface area contributed by atoms with Crippen molar-refractivity contribution in [1.82, 2.24) is 5.32 Å². The number of allylic oxidation sites excluding steroid dienone is 5. The molecular formula is C55H108N2O6P+. The van der Waals surface area contributed by atoms with E-state index in [0.717, 1.165) is 44.9 Å². The summed E-state index contributed by atoms with van der Waals surface area (Å²) < 4.78 is 23.6. The Bertz CT molecular complexity index is 1140. The Morgan fingerprint density at radius 3 is 1.28 bits per heavy atom. The lowest BCUT2D eigenvalue weighted by Crippen LogP contribution is -2.45. The van der Waals surface area contributed by atoms with E-state index in [1.807, 2.05) is 27.2 Å². The second kappa shape index (κ2) is 46.8. The van der Waals surface area contributed by atoms with E-state index in [1.165, 1.54) is 193 Å². The van der Waals surface area contributed by atoms with Gasteiger partial charge in [-0.25, -0.2) is 4.57 Å². The summed E-state index contributed by atoms with van der Waals surface area (Å²) >= 11 is 0. The predicted molar refractivity (Wildman–Crippen MR) is 277 cm³/mol. The van der Waals surface area contributed by atoms with Crippen LogP contribution in [-0.4, -0.2) is 73.4 Å². The molecular weight excluding hydrogens is 816 g/mol. The van der Waals surface area contributed by atoms with Crippen LogP contribution in [0.5, 0.6) is 0 Å². The number of carbonyl (C=O) groups is 1. The van der Waals surface area contributed by atoms with Crippen LogP contribution in [0.25, 0.3) is 0 Å². The van der Waals surface area contributed by atoms with E-state index in [2.05, 4.69) is 43.5 Å². The van der Waals surface area contributed by atoms with Crippen molar-refractivity contribution < 1.29 is 32.9 Å². The Morgan fingerprint density at radius 1 is 0.531 bits per heavy atom. The molecule has 0 spiro atoms. The van der Waals surface area contributed by atoms with Gasteiger partial charge in [-0.2, -0.15) is 0 Å². The molecule has 0 radical (unpaired) electrons. The summed E-state index contributed by atoms with van der Waals surface area (Å²) in [6.45, 7) is 4.81. The summed E-state index contributed by atoms with van der Waals surface area (Å²) in [7, 11) is 1.58. The highest BCUT2D eigenvalue weighted by molar-refractivity contribution is 7.47. The van der Waals surface area contributed by atoms with Gasteiger partial charge in [0.2, 0.25) is 5.91 Å². The van der Waals surface area contributed by atoms with Crippen molar-refractivity contribution in [3.63, 3.8) is 0 Å². The minimum Gasteiger partial charge on any atom is -0.387 e. The average Bonchev–Trinajstić information content (AvgIpc) is 3.25. The van der Waals surface area contributed by atoms with E-state index in [1.54, 1.807) is 6.08 Å². The molecule has 0 aromatic heterocycles. The Labute approximate surface area is 397 Å². The number of carbonyl (C=O) groups excluding carboxylic acids is 1.